The van der Waals surface area contributed by atoms with Crippen molar-refractivity contribution in [1.82, 2.24) is 0 Å². The predicted octanol–water partition coefficient (Wildman–Crippen LogP) is 13.6. The molecule has 3 fully saturated rings. The molecule has 0 amide bonds. The fourth-order valence-electron chi connectivity index (χ4n) is 11.4. The second-order valence-corrected chi connectivity index (χ2v) is 18.3. The van der Waals surface area contributed by atoms with Crippen LogP contribution in [0.4, 0.5) is 0 Å². The molecule has 4 aliphatic rings. The number of aliphatic hydroxyl groups is 1. The van der Waals surface area contributed by atoms with Gasteiger partial charge in [-0.15, -0.1) is 0 Å². The Morgan fingerprint density at radius 3 is 1.83 bits per heavy atom. The van der Waals surface area contributed by atoms with E-state index < -0.39 is 0 Å². The van der Waals surface area contributed by atoms with Gasteiger partial charge in [0.25, 0.3) is 0 Å². The SMILES string of the molecule is CC(C)CCC[C@@H](C)[C@H]1CC[C@H]2[C@@H]3CC=C4C[C@@H](O)CC[C@]4(C)[C@H]3CC[C@]12C.CCCCCCCCCCCCCCCCCCN. The number of fused-ring (bicyclic) bond motifs is 5. The molecule has 0 radical (unpaired) electrons. The summed E-state index contributed by atoms with van der Waals surface area (Å²) in [4.78, 5) is 0. The monoisotopic (exact) mass is 656 g/mol. The van der Waals surface area contributed by atoms with Gasteiger partial charge in [0.15, 0.2) is 0 Å². The van der Waals surface area contributed by atoms with Crippen LogP contribution in [0.25, 0.3) is 0 Å². The zero-order valence-electron chi connectivity index (χ0n) is 32.9. The van der Waals surface area contributed by atoms with E-state index in [0.717, 1.165) is 54.9 Å². The van der Waals surface area contributed by atoms with Gasteiger partial charge in [-0.1, -0.05) is 169 Å². The van der Waals surface area contributed by atoms with Crippen LogP contribution in [0, 0.1) is 46.3 Å². The van der Waals surface area contributed by atoms with Crippen molar-refractivity contribution in [3.05, 3.63) is 11.6 Å². The first-order valence-corrected chi connectivity index (χ1v) is 21.7. The summed E-state index contributed by atoms with van der Waals surface area (Å²) >= 11 is 0. The third kappa shape index (κ3) is 12.4. The number of unbranched alkanes of at least 4 members (excludes halogenated alkanes) is 15. The van der Waals surface area contributed by atoms with Crippen molar-refractivity contribution in [3.63, 3.8) is 0 Å². The Balaban J connectivity index is 0.000000279. The summed E-state index contributed by atoms with van der Waals surface area (Å²) in [5.74, 6) is 5.46. The lowest BCUT2D eigenvalue weighted by atomic mass is 9.47. The number of hydrogen-bond acceptors (Lipinski definition) is 2. The summed E-state index contributed by atoms with van der Waals surface area (Å²) in [5.41, 5.74) is 8.09. The summed E-state index contributed by atoms with van der Waals surface area (Å²) in [6.07, 6.45) is 40.0. The molecule has 4 aliphatic carbocycles. The average molecular weight is 656 g/mol. The van der Waals surface area contributed by atoms with E-state index in [-0.39, 0.29) is 6.10 Å². The van der Waals surface area contributed by atoms with E-state index in [9.17, 15) is 5.11 Å². The minimum Gasteiger partial charge on any atom is -0.393 e. The number of aliphatic hydroxyl groups excluding tert-OH is 1. The molecule has 0 heterocycles. The Bertz CT molecular complexity index is 833. The number of nitrogens with two attached hydrogens (primary N) is 1. The molecule has 3 N–H and O–H groups in total. The highest BCUT2D eigenvalue weighted by molar-refractivity contribution is 5.25. The Hall–Kier alpha value is -0.340. The highest BCUT2D eigenvalue weighted by Gasteiger charge is 2.59. The van der Waals surface area contributed by atoms with Gasteiger partial charge in [-0.25, -0.2) is 0 Å². The zero-order chi connectivity index (χ0) is 34.1. The van der Waals surface area contributed by atoms with Crippen LogP contribution in [-0.2, 0) is 0 Å². The first-order chi connectivity index (χ1) is 22.7. The van der Waals surface area contributed by atoms with Crippen LogP contribution in [0.2, 0.25) is 0 Å². The zero-order valence-corrected chi connectivity index (χ0v) is 32.9. The largest absolute Gasteiger partial charge is 0.393 e. The maximum absolute atomic E-state index is 10.2. The summed E-state index contributed by atoms with van der Waals surface area (Å²) in [6, 6.07) is 0. The van der Waals surface area contributed by atoms with Crippen molar-refractivity contribution in [3.8, 4) is 0 Å². The molecule has 0 spiro atoms. The molecule has 2 nitrogen and oxygen atoms in total. The van der Waals surface area contributed by atoms with Crippen molar-refractivity contribution in [2.75, 3.05) is 6.54 Å². The van der Waals surface area contributed by atoms with Crippen molar-refractivity contribution in [2.24, 2.45) is 52.1 Å². The summed E-state index contributed by atoms with van der Waals surface area (Å²) in [7, 11) is 0. The van der Waals surface area contributed by atoms with Crippen molar-refractivity contribution in [1.29, 1.82) is 0 Å². The molecule has 8 atom stereocenters. The number of allylic oxidation sites excluding steroid dienone is 1. The maximum Gasteiger partial charge on any atom is 0.0577 e. The summed E-state index contributed by atoms with van der Waals surface area (Å²) in [6.45, 7) is 15.7. The highest BCUT2D eigenvalue weighted by atomic mass is 16.3. The molecule has 0 saturated heterocycles. The van der Waals surface area contributed by atoms with E-state index in [1.165, 1.54) is 161 Å². The van der Waals surface area contributed by atoms with Crippen molar-refractivity contribution >= 4 is 0 Å². The minimum atomic E-state index is -0.0766. The molecule has 3 saturated carbocycles. The van der Waals surface area contributed by atoms with Gasteiger partial charge in [-0.05, 0) is 111 Å². The van der Waals surface area contributed by atoms with Crippen LogP contribution in [0.5, 0.6) is 0 Å². The van der Waals surface area contributed by atoms with Crippen LogP contribution in [-0.4, -0.2) is 17.8 Å². The maximum atomic E-state index is 10.2. The lowest BCUT2D eigenvalue weighted by molar-refractivity contribution is -0.0573. The van der Waals surface area contributed by atoms with Crippen LogP contribution < -0.4 is 5.73 Å². The average Bonchev–Trinajstić information content (AvgIpc) is 3.41. The van der Waals surface area contributed by atoms with Crippen molar-refractivity contribution in [2.45, 2.75) is 221 Å². The van der Waals surface area contributed by atoms with E-state index >= 15 is 0 Å². The molecule has 2 heteroatoms. The number of rotatable bonds is 21. The van der Waals surface area contributed by atoms with Gasteiger partial charge < -0.3 is 10.8 Å². The van der Waals surface area contributed by atoms with Crippen molar-refractivity contribution < 1.29 is 5.11 Å². The highest BCUT2D eigenvalue weighted by Crippen LogP contribution is 2.67. The topological polar surface area (TPSA) is 46.2 Å². The van der Waals surface area contributed by atoms with Gasteiger partial charge in [0.2, 0.25) is 0 Å². The molecule has 0 bridgehead atoms. The van der Waals surface area contributed by atoms with Gasteiger partial charge in [0.1, 0.15) is 0 Å². The van der Waals surface area contributed by atoms with E-state index in [0.29, 0.717) is 10.8 Å². The molecule has 0 aromatic heterocycles. The lowest BCUT2D eigenvalue weighted by Crippen LogP contribution is -2.50. The fourth-order valence-corrected chi connectivity index (χ4v) is 11.4. The van der Waals surface area contributed by atoms with Gasteiger partial charge in [-0.2, -0.15) is 0 Å². The molecule has 0 aliphatic heterocycles. The molecule has 0 aromatic rings. The van der Waals surface area contributed by atoms with E-state index in [2.05, 4.69) is 47.6 Å². The van der Waals surface area contributed by atoms with Gasteiger partial charge >= 0.3 is 0 Å². The van der Waals surface area contributed by atoms with E-state index in [1.807, 2.05) is 0 Å². The smallest absolute Gasteiger partial charge is 0.0577 e. The fraction of sp³-hybridized carbons (Fsp3) is 0.956. The van der Waals surface area contributed by atoms with Crippen LogP contribution in [0.1, 0.15) is 215 Å². The lowest BCUT2D eigenvalue weighted by Gasteiger charge is -2.58. The predicted molar refractivity (Wildman–Crippen MR) is 208 cm³/mol. The Morgan fingerprint density at radius 2 is 1.28 bits per heavy atom. The number of hydrogen-bond donors (Lipinski definition) is 2. The van der Waals surface area contributed by atoms with E-state index in [1.54, 1.807) is 5.57 Å². The van der Waals surface area contributed by atoms with Gasteiger partial charge in [0, 0.05) is 0 Å². The quantitative estimate of drug-likeness (QED) is 0.0954. The first kappa shape index (κ1) is 41.1. The van der Waals surface area contributed by atoms with E-state index in [4.69, 9.17) is 5.73 Å². The van der Waals surface area contributed by atoms with Gasteiger partial charge in [-0.3, -0.25) is 0 Å². The first-order valence-electron chi connectivity index (χ1n) is 21.7. The molecule has 0 unspecified atom stereocenters. The molecule has 0 aromatic carbocycles. The molecule has 47 heavy (non-hydrogen) atoms. The Kier molecular flexibility index (Phi) is 19.0. The molecular formula is C45H85NO. The Labute approximate surface area is 295 Å². The third-order valence-corrected chi connectivity index (χ3v) is 14.3. The molecule has 4 rings (SSSR count). The van der Waals surface area contributed by atoms with Crippen LogP contribution >= 0.6 is 0 Å². The second kappa shape index (κ2) is 21.8. The Morgan fingerprint density at radius 1 is 0.702 bits per heavy atom. The molecule has 276 valence electrons. The van der Waals surface area contributed by atoms with Crippen LogP contribution in [0.15, 0.2) is 11.6 Å². The summed E-state index contributed by atoms with van der Waals surface area (Å²) in [5, 5.41) is 10.2. The van der Waals surface area contributed by atoms with Crippen LogP contribution in [0.3, 0.4) is 0 Å². The third-order valence-electron chi connectivity index (χ3n) is 14.3. The summed E-state index contributed by atoms with van der Waals surface area (Å²) < 4.78 is 0. The second-order valence-electron chi connectivity index (χ2n) is 18.3. The minimum absolute atomic E-state index is 0.0766. The molecular weight excluding hydrogens is 571 g/mol. The normalized spacial score (nSPS) is 32.2. The van der Waals surface area contributed by atoms with Gasteiger partial charge in [0.05, 0.1) is 6.10 Å². The standard InChI is InChI=1S/C27H46O.C18H39N/c1-18(2)7-6-8-19(3)23-11-12-24-22-10-9-20-17-21(28)13-15-26(20,4)25(22)14-16-27(23,24)5;1-2-3-4-5-6-7-8-9-10-11-12-13-14-15-16-17-18-19/h9,18-19,21-25,28H,6-8,10-17H2,1-5H3;2-19H2,1H3/t19-,21+,22+,23-,24+,25+,26+,27-;/m1./s1.